The lowest BCUT2D eigenvalue weighted by Crippen LogP contribution is -2.58. The summed E-state index contributed by atoms with van der Waals surface area (Å²) < 4.78 is 34.8. The van der Waals surface area contributed by atoms with Crippen molar-refractivity contribution in [2.45, 2.75) is 51.2 Å². The van der Waals surface area contributed by atoms with Gasteiger partial charge in [0.25, 0.3) is 0 Å². The second-order valence-corrected chi connectivity index (χ2v) is 10.9. The Hall–Kier alpha value is -2.29. The molecule has 9 heteroatoms. The van der Waals surface area contributed by atoms with E-state index < -0.39 is 21.4 Å². The summed E-state index contributed by atoms with van der Waals surface area (Å²) in [5.74, 6) is -0.527. The Labute approximate surface area is 179 Å². The van der Waals surface area contributed by atoms with Gasteiger partial charge in [-0.05, 0) is 44.9 Å². The normalized spacial score (nSPS) is 17.8. The third-order valence-electron chi connectivity index (χ3n) is 4.95. The molecule has 2 rings (SSSR count). The molecule has 1 saturated heterocycles. The Bertz CT molecular complexity index is 905. The minimum atomic E-state index is -3.64. The Kier molecular flexibility index (Phi) is 7.06. The Balaban J connectivity index is 2.34. The largest absolute Gasteiger partial charge is 0.465 e. The average Bonchev–Trinajstić information content (AvgIpc) is 2.64. The van der Waals surface area contributed by atoms with Crippen molar-refractivity contribution >= 4 is 27.6 Å². The van der Waals surface area contributed by atoms with Gasteiger partial charge >= 0.3 is 12.1 Å². The average molecular weight is 441 g/mol. The molecule has 0 unspecified atom stereocenters. The monoisotopic (exact) mass is 440 g/mol. The minimum absolute atomic E-state index is 0.0107. The van der Waals surface area contributed by atoms with Crippen LogP contribution in [0, 0.1) is 5.92 Å². The van der Waals surface area contributed by atoms with Gasteiger partial charge in [0.1, 0.15) is 5.60 Å². The number of anilines is 1. The van der Waals surface area contributed by atoms with Gasteiger partial charge in [-0.25, -0.2) is 18.0 Å². The third kappa shape index (κ3) is 5.65. The number of hydrogen-bond acceptors (Lipinski definition) is 7. The van der Waals surface area contributed by atoms with E-state index in [0.29, 0.717) is 25.3 Å². The van der Waals surface area contributed by atoms with E-state index >= 15 is 0 Å². The summed E-state index contributed by atoms with van der Waals surface area (Å²) in [4.78, 5) is 28.4. The highest BCUT2D eigenvalue weighted by atomic mass is 32.2. The molecule has 1 aromatic carbocycles. The summed E-state index contributed by atoms with van der Waals surface area (Å²) in [6.07, 6.45) is 0.717. The van der Waals surface area contributed by atoms with Crippen LogP contribution in [0.2, 0.25) is 0 Å². The van der Waals surface area contributed by atoms with Crippen LogP contribution in [0.3, 0.4) is 0 Å². The SMILES string of the molecule is COC(=O)c1ccc(N2CCN(C(=O)OC(C)(C)C)[C@H](C(C)C)C2)cc1S(C)(=O)=O. The number of piperazine rings is 1. The molecule has 1 heterocycles. The number of carbonyl (C=O) groups is 2. The Morgan fingerprint density at radius 3 is 2.30 bits per heavy atom. The van der Waals surface area contributed by atoms with Gasteiger partial charge < -0.3 is 19.3 Å². The van der Waals surface area contributed by atoms with Gasteiger partial charge in [0.15, 0.2) is 9.84 Å². The van der Waals surface area contributed by atoms with Crippen LogP contribution in [-0.4, -0.2) is 70.0 Å². The number of benzene rings is 1. The van der Waals surface area contributed by atoms with Crippen LogP contribution in [0.1, 0.15) is 45.0 Å². The number of esters is 1. The molecule has 0 spiro atoms. The fraction of sp³-hybridized carbons (Fsp3) is 0.619. The highest BCUT2D eigenvalue weighted by molar-refractivity contribution is 7.90. The number of sulfone groups is 1. The van der Waals surface area contributed by atoms with Gasteiger partial charge in [-0.3, -0.25) is 0 Å². The van der Waals surface area contributed by atoms with Crippen molar-refractivity contribution in [3.05, 3.63) is 23.8 Å². The zero-order valence-electron chi connectivity index (χ0n) is 18.8. The topological polar surface area (TPSA) is 93.2 Å². The summed E-state index contributed by atoms with van der Waals surface area (Å²) in [5.41, 5.74) is 0.109. The minimum Gasteiger partial charge on any atom is -0.465 e. The molecule has 168 valence electrons. The lowest BCUT2D eigenvalue weighted by Gasteiger charge is -2.44. The first-order chi connectivity index (χ1) is 13.7. The maximum absolute atomic E-state index is 12.7. The molecule has 1 aromatic rings. The van der Waals surface area contributed by atoms with E-state index in [1.807, 2.05) is 39.5 Å². The maximum atomic E-state index is 12.7. The first kappa shape index (κ1) is 24.0. The van der Waals surface area contributed by atoms with E-state index in [-0.39, 0.29) is 28.5 Å². The van der Waals surface area contributed by atoms with E-state index in [0.717, 1.165) is 6.26 Å². The summed E-state index contributed by atoms with van der Waals surface area (Å²) in [6, 6.07) is 4.58. The second-order valence-electron chi connectivity index (χ2n) is 8.88. The maximum Gasteiger partial charge on any atom is 0.410 e. The zero-order chi connectivity index (χ0) is 22.9. The van der Waals surface area contributed by atoms with Gasteiger partial charge in [0.05, 0.1) is 23.6 Å². The number of hydrogen-bond donors (Lipinski definition) is 0. The zero-order valence-corrected chi connectivity index (χ0v) is 19.6. The van der Waals surface area contributed by atoms with Gasteiger partial charge in [0, 0.05) is 31.6 Å². The van der Waals surface area contributed by atoms with Crippen LogP contribution in [-0.2, 0) is 19.3 Å². The van der Waals surface area contributed by atoms with Gasteiger partial charge in [0.2, 0.25) is 0 Å². The molecule has 0 N–H and O–H groups in total. The molecule has 0 radical (unpaired) electrons. The van der Waals surface area contributed by atoms with Crippen molar-refractivity contribution in [2.24, 2.45) is 5.92 Å². The smallest absolute Gasteiger partial charge is 0.410 e. The molecule has 0 saturated carbocycles. The van der Waals surface area contributed by atoms with Crippen molar-refractivity contribution in [2.75, 3.05) is 37.9 Å². The fourth-order valence-electron chi connectivity index (χ4n) is 3.46. The molecular weight excluding hydrogens is 408 g/mol. The van der Waals surface area contributed by atoms with Crippen molar-refractivity contribution < 1.29 is 27.5 Å². The van der Waals surface area contributed by atoms with Crippen molar-refractivity contribution in [3.63, 3.8) is 0 Å². The molecule has 8 nitrogen and oxygen atoms in total. The molecule has 1 atom stereocenters. The quantitative estimate of drug-likeness (QED) is 0.665. The highest BCUT2D eigenvalue weighted by Crippen LogP contribution is 2.28. The lowest BCUT2D eigenvalue weighted by atomic mass is 9.99. The van der Waals surface area contributed by atoms with Crippen LogP contribution >= 0.6 is 0 Å². The van der Waals surface area contributed by atoms with Crippen molar-refractivity contribution in [1.82, 2.24) is 4.90 Å². The molecule has 1 aliphatic heterocycles. The number of amides is 1. The van der Waals surface area contributed by atoms with E-state index in [2.05, 4.69) is 0 Å². The standard InChI is InChI=1S/C21H32N2O6S/c1-14(2)17-13-22(10-11-23(17)20(25)29-21(3,4)5)15-8-9-16(19(24)28-6)18(12-15)30(7,26)27/h8-9,12,14,17H,10-11,13H2,1-7H3/t17-/m0/s1. The lowest BCUT2D eigenvalue weighted by molar-refractivity contribution is 0.00881. The van der Waals surface area contributed by atoms with Crippen molar-refractivity contribution in [3.8, 4) is 0 Å². The predicted molar refractivity (Wildman–Crippen MR) is 115 cm³/mol. The first-order valence-electron chi connectivity index (χ1n) is 9.91. The Morgan fingerprint density at radius 2 is 1.80 bits per heavy atom. The van der Waals surface area contributed by atoms with Crippen LogP contribution in [0.5, 0.6) is 0 Å². The summed E-state index contributed by atoms with van der Waals surface area (Å²) >= 11 is 0. The molecule has 0 aromatic heterocycles. The first-order valence-corrected chi connectivity index (χ1v) is 11.8. The summed E-state index contributed by atoms with van der Waals surface area (Å²) in [6.45, 7) is 11.1. The van der Waals surface area contributed by atoms with Gasteiger partial charge in [-0.15, -0.1) is 0 Å². The number of nitrogens with zero attached hydrogens (tertiary/aromatic N) is 2. The van der Waals surface area contributed by atoms with E-state index in [1.165, 1.54) is 19.2 Å². The van der Waals surface area contributed by atoms with Gasteiger partial charge in [-0.1, -0.05) is 13.8 Å². The molecule has 0 aliphatic carbocycles. The van der Waals surface area contributed by atoms with Crippen LogP contribution in [0.15, 0.2) is 23.1 Å². The number of ether oxygens (including phenoxy) is 2. The van der Waals surface area contributed by atoms with Gasteiger partial charge in [-0.2, -0.15) is 0 Å². The van der Waals surface area contributed by atoms with Crippen LogP contribution < -0.4 is 4.90 Å². The number of rotatable bonds is 4. The molecule has 1 fully saturated rings. The number of carbonyl (C=O) groups excluding carboxylic acids is 2. The van der Waals surface area contributed by atoms with E-state index in [1.54, 1.807) is 11.0 Å². The predicted octanol–water partition coefficient (Wildman–Crippen LogP) is 2.96. The summed E-state index contributed by atoms with van der Waals surface area (Å²) in [5, 5.41) is 0. The molecular formula is C21H32N2O6S. The second kappa shape index (κ2) is 8.83. The van der Waals surface area contributed by atoms with Crippen molar-refractivity contribution in [1.29, 1.82) is 0 Å². The highest BCUT2D eigenvalue weighted by Gasteiger charge is 2.35. The molecule has 30 heavy (non-hydrogen) atoms. The molecule has 0 bridgehead atoms. The summed E-state index contributed by atoms with van der Waals surface area (Å²) in [7, 11) is -2.42. The third-order valence-corrected chi connectivity index (χ3v) is 6.09. The van der Waals surface area contributed by atoms with Crippen LogP contribution in [0.4, 0.5) is 10.5 Å². The molecule has 1 amide bonds. The Morgan fingerprint density at radius 1 is 1.17 bits per heavy atom. The van der Waals surface area contributed by atoms with E-state index in [4.69, 9.17) is 9.47 Å². The molecule has 1 aliphatic rings. The van der Waals surface area contributed by atoms with E-state index in [9.17, 15) is 18.0 Å². The fourth-order valence-corrected chi connectivity index (χ4v) is 4.34. The number of methoxy groups -OCH3 is 1. The van der Waals surface area contributed by atoms with Crippen LogP contribution in [0.25, 0.3) is 0 Å².